The Kier molecular flexibility index (Phi) is 4.22. The minimum Gasteiger partial charge on any atom is -0.502 e. The third-order valence-corrected chi connectivity index (χ3v) is 4.34. The number of aliphatic hydroxyl groups excluding tert-OH is 1. The van der Waals surface area contributed by atoms with Crippen LogP contribution in [0.15, 0.2) is 48.2 Å². The highest BCUT2D eigenvalue weighted by atomic mass is 35.5. The minimum atomic E-state index is -0.816. The maximum atomic E-state index is 12.7. The summed E-state index contributed by atoms with van der Waals surface area (Å²) < 4.78 is 5.05. The Hall–Kier alpha value is -2.50. The van der Waals surface area contributed by atoms with Gasteiger partial charge in [-0.3, -0.25) is 9.59 Å². The van der Waals surface area contributed by atoms with Gasteiger partial charge in [-0.15, -0.1) is 0 Å². The van der Waals surface area contributed by atoms with E-state index in [0.29, 0.717) is 16.3 Å². The van der Waals surface area contributed by atoms with Gasteiger partial charge >= 0.3 is 5.91 Å². The summed E-state index contributed by atoms with van der Waals surface area (Å²) in [7, 11) is 1.52. The van der Waals surface area contributed by atoms with Crippen molar-refractivity contribution >= 4 is 46.3 Å². The predicted molar refractivity (Wildman–Crippen MR) is 91.5 cm³/mol. The van der Waals surface area contributed by atoms with Crippen LogP contribution in [0.3, 0.4) is 0 Å². The number of carbonyl (C=O) groups is 2. The summed E-state index contributed by atoms with van der Waals surface area (Å²) in [6, 6.07) is 10.8. The van der Waals surface area contributed by atoms with Crippen LogP contribution in [0, 0.1) is 0 Å². The molecule has 0 aliphatic carbocycles. The number of rotatable bonds is 3. The smallest absolute Gasteiger partial charge is 0.301 e. The quantitative estimate of drug-likeness (QED) is 0.841. The number of ether oxygens (including phenoxy) is 1. The Morgan fingerprint density at radius 2 is 1.62 bits per heavy atom. The lowest BCUT2D eigenvalue weighted by Crippen LogP contribution is -2.31. The van der Waals surface area contributed by atoms with Crippen LogP contribution in [0.25, 0.3) is 5.57 Å². The predicted octanol–water partition coefficient (Wildman–Crippen LogP) is 3.84. The van der Waals surface area contributed by atoms with Gasteiger partial charge in [0.15, 0.2) is 5.76 Å². The minimum absolute atomic E-state index is 0.0753. The Morgan fingerprint density at radius 3 is 2.21 bits per heavy atom. The molecule has 0 atom stereocenters. The first-order chi connectivity index (χ1) is 11.4. The van der Waals surface area contributed by atoms with Crippen LogP contribution in [0.2, 0.25) is 10.0 Å². The van der Waals surface area contributed by atoms with E-state index in [1.54, 1.807) is 24.3 Å². The van der Waals surface area contributed by atoms with Gasteiger partial charge in [-0.1, -0.05) is 35.3 Å². The highest BCUT2D eigenvalue weighted by Crippen LogP contribution is 2.35. The molecule has 5 nitrogen and oxygen atoms in total. The first-order valence-electron chi connectivity index (χ1n) is 6.85. The van der Waals surface area contributed by atoms with Gasteiger partial charge < -0.3 is 9.84 Å². The summed E-state index contributed by atoms with van der Waals surface area (Å²) in [4.78, 5) is 25.8. The molecule has 7 heteroatoms. The SMILES string of the molecule is COc1ccc(C2=C(O)C(=O)N(c3ccc(Cl)c(Cl)c3)C2=O)cc1. The first-order valence-corrected chi connectivity index (χ1v) is 7.61. The summed E-state index contributed by atoms with van der Waals surface area (Å²) >= 11 is 11.8. The van der Waals surface area contributed by atoms with E-state index in [4.69, 9.17) is 27.9 Å². The van der Waals surface area contributed by atoms with Gasteiger partial charge in [-0.05, 0) is 35.9 Å². The van der Waals surface area contributed by atoms with E-state index in [1.165, 1.54) is 25.3 Å². The van der Waals surface area contributed by atoms with Gasteiger partial charge in [0.2, 0.25) is 0 Å². The molecular weight excluding hydrogens is 353 g/mol. The van der Waals surface area contributed by atoms with Crippen molar-refractivity contribution in [2.75, 3.05) is 12.0 Å². The molecule has 1 aliphatic heterocycles. The van der Waals surface area contributed by atoms with Crippen LogP contribution >= 0.6 is 23.2 Å². The van der Waals surface area contributed by atoms with Crippen molar-refractivity contribution in [1.29, 1.82) is 0 Å². The van der Waals surface area contributed by atoms with E-state index in [0.717, 1.165) is 4.90 Å². The van der Waals surface area contributed by atoms with E-state index in [9.17, 15) is 14.7 Å². The largest absolute Gasteiger partial charge is 0.502 e. The standard InChI is InChI=1S/C17H11Cl2NO4/c1-24-11-5-2-9(3-6-11)14-15(21)17(23)20(16(14)22)10-4-7-12(18)13(19)8-10/h2-8,21H,1H3. The lowest BCUT2D eigenvalue weighted by molar-refractivity contribution is -0.121. The Labute approximate surface area is 147 Å². The summed E-state index contributed by atoms with van der Waals surface area (Å²) in [6.45, 7) is 0. The van der Waals surface area contributed by atoms with Gasteiger partial charge in [0, 0.05) is 0 Å². The number of hydrogen-bond acceptors (Lipinski definition) is 4. The van der Waals surface area contributed by atoms with Crippen LogP contribution in [0.4, 0.5) is 5.69 Å². The van der Waals surface area contributed by atoms with Gasteiger partial charge in [0.25, 0.3) is 5.91 Å². The fourth-order valence-electron chi connectivity index (χ4n) is 2.39. The molecule has 0 bridgehead atoms. The maximum Gasteiger partial charge on any atom is 0.301 e. The van der Waals surface area contributed by atoms with Crippen molar-refractivity contribution in [3.8, 4) is 5.75 Å². The third kappa shape index (κ3) is 2.62. The molecule has 2 amide bonds. The number of anilines is 1. The molecule has 0 unspecified atom stereocenters. The second-order valence-corrected chi connectivity index (χ2v) is 5.81. The molecule has 0 spiro atoms. The lowest BCUT2D eigenvalue weighted by Gasteiger charge is -2.15. The fraction of sp³-hybridized carbons (Fsp3) is 0.0588. The van der Waals surface area contributed by atoms with Crippen LogP contribution < -0.4 is 9.64 Å². The molecule has 0 fully saturated rings. The number of halogens is 2. The summed E-state index contributed by atoms with van der Waals surface area (Å²) in [5, 5.41) is 10.6. The Bertz CT molecular complexity index is 875. The molecule has 0 saturated carbocycles. The van der Waals surface area contributed by atoms with Crippen LogP contribution in [0.1, 0.15) is 5.56 Å². The highest BCUT2D eigenvalue weighted by Gasteiger charge is 2.40. The number of amides is 2. The lowest BCUT2D eigenvalue weighted by atomic mass is 10.1. The molecule has 1 aliphatic rings. The molecular formula is C17H11Cl2NO4. The van der Waals surface area contributed by atoms with Crippen molar-refractivity contribution in [2.45, 2.75) is 0 Å². The molecule has 24 heavy (non-hydrogen) atoms. The first kappa shape index (κ1) is 16.4. The van der Waals surface area contributed by atoms with Crippen LogP contribution in [-0.2, 0) is 9.59 Å². The Balaban J connectivity index is 2.02. The highest BCUT2D eigenvalue weighted by molar-refractivity contribution is 6.46. The van der Waals surface area contributed by atoms with E-state index >= 15 is 0 Å². The van der Waals surface area contributed by atoms with E-state index in [-0.39, 0.29) is 16.3 Å². The molecule has 0 radical (unpaired) electrons. The summed E-state index contributed by atoms with van der Waals surface area (Å²) in [6.07, 6.45) is 0. The zero-order valence-electron chi connectivity index (χ0n) is 12.4. The number of carbonyl (C=O) groups excluding carboxylic acids is 2. The van der Waals surface area contributed by atoms with Crippen molar-refractivity contribution in [3.63, 3.8) is 0 Å². The maximum absolute atomic E-state index is 12.7. The molecule has 2 aromatic carbocycles. The third-order valence-electron chi connectivity index (χ3n) is 3.60. The van der Waals surface area contributed by atoms with Crippen molar-refractivity contribution in [3.05, 3.63) is 63.8 Å². The number of imide groups is 1. The van der Waals surface area contributed by atoms with E-state index < -0.39 is 17.6 Å². The second kappa shape index (κ2) is 6.19. The average molecular weight is 364 g/mol. The molecule has 3 rings (SSSR count). The van der Waals surface area contributed by atoms with E-state index in [2.05, 4.69) is 0 Å². The number of aliphatic hydroxyl groups is 1. The Morgan fingerprint density at radius 1 is 0.958 bits per heavy atom. The number of nitrogens with zero attached hydrogens (tertiary/aromatic N) is 1. The summed E-state index contributed by atoms with van der Waals surface area (Å²) in [5.41, 5.74) is 0.567. The van der Waals surface area contributed by atoms with Crippen molar-refractivity contribution < 1.29 is 19.4 Å². The zero-order valence-corrected chi connectivity index (χ0v) is 13.9. The van der Waals surface area contributed by atoms with Crippen LogP contribution in [0.5, 0.6) is 5.75 Å². The van der Waals surface area contributed by atoms with Gasteiger partial charge in [-0.2, -0.15) is 0 Å². The van der Waals surface area contributed by atoms with Gasteiger partial charge in [0.05, 0.1) is 28.4 Å². The normalized spacial score (nSPS) is 14.5. The zero-order chi connectivity index (χ0) is 17.4. The number of benzene rings is 2. The monoisotopic (exact) mass is 363 g/mol. The fourth-order valence-corrected chi connectivity index (χ4v) is 2.69. The molecule has 1 N–H and O–H groups in total. The van der Waals surface area contributed by atoms with Crippen LogP contribution in [-0.4, -0.2) is 24.0 Å². The number of hydrogen-bond donors (Lipinski definition) is 1. The molecule has 1 heterocycles. The number of methoxy groups -OCH3 is 1. The van der Waals surface area contributed by atoms with Crippen molar-refractivity contribution in [1.82, 2.24) is 0 Å². The molecule has 2 aromatic rings. The second-order valence-electron chi connectivity index (χ2n) is 5.00. The summed E-state index contributed by atoms with van der Waals surface area (Å²) in [5.74, 6) is -1.47. The van der Waals surface area contributed by atoms with E-state index in [1.807, 2.05) is 0 Å². The molecule has 0 aromatic heterocycles. The van der Waals surface area contributed by atoms with Gasteiger partial charge in [-0.25, -0.2) is 4.90 Å². The average Bonchev–Trinajstić information content (AvgIpc) is 2.80. The molecule has 122 valence electrons. The molecule has 0 saturated heterocycles. The van der Waals surface area contributed by atoms with Gasteiger partial charge in [0.1, 0.15) is 5.75 Å². The van der Waals surface area contributed by atoms with Crippen molar-refractivity contribution in [2.24, 2.45) is 0 Å². The topological polar surface area (TPSA) is 66.8 Å².